The molecule has 25 heavy (non-hydrogen) atoms. The first kappa shape index (κ1) is 15.9. The van der Waals surface area contributed by atoms with Crippen LogP contribution in [0, 0.1) is 0 Å². The van der Waals surface area contributed by atoms with Gasteiger partial charge in [0.05, 0.1) is 5.52 Å². The zero-order valence-electron chi connectivity index (χ0n) is 14.4. The second-order valence-electron chi connectivity index (χ2n) is 6.32. The smallest absolute Gasteiger partial charge is 0.161 e. The molecule has 0 spiro atoms. The first-order valence-electron chi connectivity index (χ1n) is 8.77. The first-order valence-corrected chi connectivity index (χ1v) is 8.77. The summed E-state index contributed by atoms with van der Waals surface area (Å²) in [7, 11) is 0. The Morgan fingerprint density at radius 2 is 1.88 bits per heavy atom. The Morgan fingerprint density at radius 1 is 1.04 bits per heavy atom. The third-order valence-corrected chi connectivity index (χ3v) is 4.59. The number of ether oxygens (including phenoxy) is 2. The molecule has 2 aromatic carbocycles. The van der Waals surface area contributed by atoms with Crippen LogP contribution in [0.2, 0.25) is 0 Å². The molecule has 1 aliphatic rings. The number of hydrogen-bond donors (Lipinski definition) is 0. The van der Waals surface area contributed by atoms with Crippen molar-refractivity contribution in [3.8, 4) is 11.5 Å². The summed E-state index contributed by atoms with van der Waals surface area (Å²) in [6.45, 7) is 5.39. The van der Waals surface area contributed by atoms with Crippen LogP contribution in [-0.2, 0) is 6.54 Å². The zero-order chi connectivity index (χ0) is 17.1. The summed E-state index contributed by atoms with van der Waals surface area (Å²) >= 11 is 0. The number of para-hydroxylation sites is 3. The van der Waals surface area contributed by atoms with Gasteiger partial charge in [-0.2, -0.15) is 0 Å². The molecule has 0 fully saturated rings. The summed E-state index contributed by atoms with van der Waals surface area (Å²) in [6, 6.07) is 18.3. The van der Waals surface area contributed by atoms with Crippen LogP contribution >= 0.6 is 0 Å². The lowest BCUT2D eigenvalue weighted by Gasteiger charge is -2.31. The number of benzene rings is 2. The molecule has 4 rings (SSSR count). The van der Waals surface area contributed by atoms with Crippen molar-refractivity contribution in [1.29, 1.82) is 0 Å². The fraction of sp³-hybridized carbons (Fsp3) is 0.286. The SMILES string of the molecule is CCN(Cc1cccc2cccnc12)CC1COc2ccccc2O1. The van der Waals surface area contributed by atoms with Gasteiger partial charge >= 0.3 is 0 Å². The summed E-state index contributed by atoms with van der Waals surface area (Å²) in [5.41, 5.74) is 2.33. The van der Waals surface area contributed by atoms with Gasteiger partial charge in [0, 0.05) is 24.7 Å². The number of pyridine rings is 1. The third kappa shape index (κ3) is 3.44. The number of aromatic nitrogens is 1. The van der Waals surface area contributed by atoms with Crippen molar-refractivity contribution in [3.63, 3.8) is 0 Å². The molecule has 1 aromatic heterocycles. The van der Waals surface area contributed by atoms with Crippen LogP contribution in [0.5, 0.6) is 11.5 Å². The van der Waals surface area contributed by atoms with E-state index in [0.717, 1.165) is 36.6 Å². The molecular weight excluding hydrogens is 312 g/mol. The van der Waals surface area contributed by atoms with Gasteiger partial charge < -0.3 is 9.47 Å². The highest BCUT2D eigenvalue weighted by Crippen LogP contribution is 2.31. The van der Waals surface area contributed by atoms with Crippen molar-refractivity contribution >= 4 is 10.9 Å². The van der Waals surface area contributed by atoms with E-state index >= 15 is 0 Å². The first-order chi connectivity index (χ1) is 12.3. The Morgan fingerprint density at radius 3 is 2.76 bits per heavy atom. The molecule has 4 heteroatoms. The maximum Gasteiger partial charge on any atom is 0.161 e. The number of hydrogen-bond acceptors (Lipinski definition) is 4. The summed E-state index contributed by atoms with van der Waals surface area (Å²) < 4.78 is 11.9. The fourth-order valence-corrected chi connectivity index (χ4v) is 3.28. The molecule has 1 aliphatic heterocycles. The average molecular weight is 334 g/mol. The van der Waals surface area contributed by atoms with E-state index in [-0.39, 0.29) is 6.10 Å². The van der Waals surface area contributed by atoms with Gasteiger partial charge in [0.2, 0.25) is 0 Å². The topological polar surface area (TPSA) is 34.6 Å². The van der Waals surface area contributed by atoms with Gasteiger partial charge in [-0.3, -0.25) is 9.88 Å². The molecule has 3 aromatic rings. The molecule has 0 amide bonds. The Kier molecular flexibility index (Phi) is 4.53. The highest BCUT2D eigenvalue weighted by atomic mass is 16.6. The summed E-state index contributed by atoms with van der Waals surface area (Å²) in [5, 5.41) is 1.18. The standard InChI is InChI=1S/C21H22N2O2/c1-2-23(13-17-8-5-7-16-9-6-12-22-21(16)17)14-18-15-24-19-10-3-4-11-20(19)25-18/h3-12,18H,2,13-15H2,1H3. The monoisotopic (exact) mass is 334 g/mol. The molecule has 0 saturated carbocycles. The predicted octanol–water partition coefficient (Wildman–Crippen LogP) is 3.90. The number of rotatable bonds is 5. The van der Waals surface area contributed by atoms with Crippen molar-refractivity contribution in [2.75, 3.05) is 19.7 Å². The largest absolute Gasteiger partial charge is 0.486 e. The lowest BCUT2D eigenvalue weighted by atomic mass is 10.1. The average Bonchev–Trinajstić information content (AvgIpc) is 2.67. The molecule has 0 aliphatic carbocycles. The fourth-order valence-electron chi connectivity index (χ4n) is 3.28. The van der Waals surface area contributed by atoms with Gasteiger partial charge in [-0.05, 0) is 30.3 Å². The van der Waals surface area contributed by atoms with Gasteiger partial charge in [-0.25, -0.2) is 0 Å². The van der Waals surface area contributed by atoms with E-state index in [1.54, 1.807) is 0 Å². The van der Waals surface area contributed by atoms with Crippen molar-refractivity contribution in [3.05, 3.63) is 66.4 Å². The number of fused-ring (bicyclic) bond motifs is 2. The molecule has 4 nitrogen and oxygen atoms in total. The van der Waals surface area contributed by atoms with Crippen LogP contribution in [0.25, 0.3) is 10.9 Å². The van der Waals surface area contributed by atoms with Crippen molar-refractivity contribution in [2.24, 2.45) is 0 Å². The van der Waals surface area contributed by atoms with Crippen molar-refractivity contribution in [2.45, 2.75) is 19.6 Å². The normalized spacial score (nSPS) is 16.3. The molecule has 0 saturated heterocycles. The van der Waals surface area contributed by atoms with Crippen LogP contribution in [0.3, 0.4) is 0 Å². The summed E-state index contributed by atoms with van der Waals surface area (Å²) in [5.74, 6) is 1.67. The minimum atomic E-state index is 0.0396. The van der Waals surface area contributed by atoms with Gasteiger partial charge in [-0.15, -0.1) is 0 Å². The van der Waals surface area contributed by atoms with Gasteiger partial charge in [0.25, 0.3) is 0 Å². The van der Waals surface area contributed by atoms with E-state index in [1.165, 1.54) is 10.9 Å². The van der Waals surface area contributed by atoms with E-state index in [0.29, 0.717) is 6.61 Å². The van der Waals surface area contributed by atoms with E-state index in [2.05, 4.69) is 41.1 Å². The molecule has 0 radical (unpaired) electrons. The Balaban J connectivity index is 1.48. The molecule has 2 heterocycles. The maximum atomic E-state index is 6.11. The quantitative estimate of drug-likeness (QED) is 0.709. The van der Waals surface area contributed by atoms with E-state index in [1.807, 2.05) is 36.5 Å². The molecular formula is C21H22N2O2. The Labute approximate surface area is 148 Å². The minimum absolute atomic E-state index is 0.0396. The summed E-state index contributed by atoms with van der Waals surface area (Å²) in [6.07, 6.45) is 1.90. The molecule has 0 N–H and O–H groups in total. The molecule has 1 unspecified atom stereocenters. The molecule has 128 valence electrons. The minimum Gasteiger partial charge on any atom is -0.486 e. The second-order valence-corrected chi connectivity index (χ2v) is 6.32. The van der Waals surface area contributed by atoms with Gasteiger partial charge in [-0.1, -0.05) is 43.3 Å². The molecule has 1 atom stereocenters. The van der Waals surface area contributed by atoms with Gasteiger partial charge in [0.15, 0.2) is 11.5 Å². The Hall–Kier alpha value is -2.59. The lowest BCUT2D eigenvalue weighted by molar-refractivity contribution is 0.0581. The number of nitrogens with zero attached hydrogens (tertiary/aromatic N) is 2. The highest BCUT2D eigenvalue weighted by Gasteiger charge is 2.23. The summed E-state index contributed by atoms with van der Waals surface area (Å²) in [4.78, 5) is 6.94. The molecule has 0 bridgehead atoms. The predicted molar refractivity (Wildman–Crippen MR) is 99.0 cm³/mol. The van der Waals surface area contributed by atoms with Crippen molar-refractivity contribution in [1.82, 2.24) is 9.88 Å². The van der Waals surface area contributed by atoms with E-state index in [9.17, 15) is 0 Å². The van der Waals surface area contributed by atoms with Gasteiger partial charge in [0.1, 0.15) is 12.7 Å². The lowest BCUT2D eigenvalue weighted by Crippen LogP contribution is -2.40. The van der Waals surface area contributed by atoms with Crippen molar-refractivity contribution < 1.29 is 9.47 Å². The Bertz CT molecular complexity index is 860. The van der Waals surface area contributed by atoms with E-state index in [4.69, 9.17) is 9.47 Å². The second kappa shape index (κ2) is 7.11. The van der Waals surface area contributed by atoms with Crippen LogP contribution < -0.4 is 9.47 Å². The maximum absolute atomic E-state index is 6.11. The highest BCUT2D eigenvalue weighted by molar-refractivity contribution is 5.81. The van der Waals surface area contributed by atoms with Crippen LogP contribution in [0.15, 0.2) is 60.8 Å². The van der Waals surface area contributed by atoms with Crippen LogP contribution in [0.4, 0.5) is 0 Å². The van der Waals surface area contributed by atoms with E-state index < -0.39 is 0 Å². The third-order valence-electron chi connectivity index (χ3n) is 4.59. The zero-order valence-corrected chi connectivity index (χ0v) is 14.4. The number of likely N-dealkylation sites (N-methyl/N-ethyl adjacent to an activating group) is 1. The van der Waals surface area contributed by atoms with Crippen LogP contribution in [-0.4, -0.2) is 35.7 Å². The van der Waals surface area contributed by atoms with Crippen LogP contribution in [0.1, 0.15) is 12.5 Å².